The van der Waals surface area contributed by atoms with Crippen molar-refractivity contribution in [1.29, 1.82) is 0 Å². The second-order valence-corrected chi connectivity index (χ2v) is 7.82. The molecule has 1 heterocycles. The second kappa shape index (κ2) is 8.55. The van der Waals surface area contributed by atoms with E-state index in [1.165, 1.54) is 0 Å². The molecular formula is C14H8I3NO6. The van der Waals surface area contributed by atoms with Crippen molar-refractivity contribution in [3.05, 3.63) is 40.7 Å². The summed E-state index contributed by atoms with van der Waals surface area (Å²) in [5.41, 5.74) is 0.394. The molecule has 0 N–H and O–H groups in total. The van der Waals surface area contributed by atoms with E-state index < -0.39 is 23.8 Å². The van der Waals surface area contributed by atoms with Crippen LogP contribution in [0.2, 0.25) is 0 Å². The van der Waals surface area contributed by atoms with Gasteiger partial charge in [-0.3, -0.25) is 9.59 Å². The number of rotatable bonds is 4. The number of esters is 1. The standard InChI is InChI=1S/C14H8I3NO6/c15-7-1-2-8(16)13(17)12(7)14(22)23-6-5-11(21)24-18-9(19)3-4-10(18)20/h1-2,5-6H,3-4H2/b6-5+. The van der Waals surface area contributed by atoms with Gasteiger partial charge in [0.1, 0.15) is 6.26 Å². The zero-order valence-electron chi connectivity index (χ0n) is 11.8. The lowest BCUT2D eigenvalue weighted by atomic mass is 10.2. The first kappa shape index (κ1) is 19.6. The lowest BCUT2D eigenvalue weighted by molar-refractivity contribution is -0.193. The van der Waals surface area contributed by atoms with Crippen molar-refractivity contribution in [2.45, 2.75) is 12.8 Å². The minimum atomic E-state index is -0.988. The van der Waals surface area contributed by atoms with Gasteiger partial charge in [0.05, 0.1) is 11.6 Å². The highest BCUT2D eigenvalue weighted by atomic mass is 127. The van der Waals surface area contributed by atoms with Crippen molar-refractivity contribution in [2.75, 3.05) is 0 Å². The van der Waals surface area contributed by atoms with Crippen LogP contribution in [-0.4, -0.2) is 28.8 Å². The summed E-state index contributed by atoms with van der Waals surface area (Å²) in [5, 5.41) is 0.417. The van der Waals surface area contributed by atoms with E-state index >= 15 is 0 Å². The average Bonchev–Trinajstić information content (AvgIpc) is 2.83. The highest BCUT2D eigenvalue weighted by Gasteiger charge is 2.32. The number of carbonyl (C=O) groups excluding carboxylic acids is 4. The van der Waals surface area contributed by atoms with E-state index in [1.807, 2.05) is 51.2 Å². The maximum absolute atomic E-state index is 12.1. The lowest BCUT2D eigenvalue weighted by Gasteiger charge is -2.10. The summed E-state index contributed by atoms with van der Waals surface area (Å²) >= 11 is 6.15. The van der Waals surface area contributed by atoms with Gasteiger partial charge in [-0.05, 0) is 79.9 Å². The molecule has 2 rings (SSSR count). The third-order valence-electron chi connectivity index (χ3n) is 2.81. The molecule has 0 atom stereocenters. The molecule has 1 aromatic carbocycles. The molecule has 1 aliphatic heterocycles. The molecule has 1 fully saturated rings. The number of ether oxygens (including phenoxy) is 1. The molecule has 0 unspecified atom stereocenters. The Labute approximate surface area is 177 Å². The van der Waals surface area contributed by atoms with E-state index in [4.69, 9.17) is 4.74 Å². The van der Waals surface area contributed by atoms with Crippen LogP contribution in [0.3, 0.4) is 0 Å². The average molecular weight is 667 g/mol. The second-order valence-electron chi connectivity index (χ2n) is 4.42. The molecular weight excluding hydrogens is 659 g/mol. The topological polar surface area (TPSA) is 90.0 Å². The summed E-state index contributed by atoms with van der Waals surface area (Å²) in [6.07, 6.45) is 1.70. The first-order chi connectivity index (χ1) is 11.3. The van der Waals surface area contributed by atoms with E-state index in [-0.39, 0.29) is 12.8 Å². The van der Waals surface area contributed by atoms with Gasteiger partial charge < -0.3 is 9.57 Å². The third kappa shape index (κ3) is 4.65. The summed E-state index contributed by atoms with van der Waals surface area (Å²) in [5.74, 6) is -2.78. The largest absolute Gasteiger partial charge is 0.431 e. The number of imide groups is 1. The van der Waals surface area contributed by atoms with Crippen molar-refractivity contribution < 1.29 is 28.8 Å². The summed E-state index contributed by atoms with van der Waals surface area (Å²) in [7, 11) is 0. The Bertz CT molecular complexity index is 745. The molecule has 10 heteroatoms. The molecule has 0 bridgehead atoms. The lowest BCUT2D eigenvalue weighted by Crippen LogP contribution is -2.31. The van der Waals surface area contributed by atoms with Gasteiger partial charge in [-0.1, -0.05) is 0 Å². The minimum absolute atomic E-state index is 0.00826. The van der Waals surface area contributed by atoms with Gasteiger partial charge in [0.2, 0.25) is 0 Å². The Balaban J connectivity index is 1.98. The molecule has 0 radical (unpaired) electrons. The fraction of sp³-hybridized carbons (Fsp3) is 0.143. The number of nitrogens with zero attached hydrogens (tertiary/aromatic N) is 1. The Kier molecular flexibility index (Phi) is 6.97. The third-order valence-corrected chi connectivity index (χ3v) is 6.76. The van der Waals surface area contributed by atoms with Crippen molar-refractivity contribution in [3.8, 4) is 0 Å². The molecule has 7 nitrogen and oxygen atoms in total. The van der Waals surface area contributed by atoms with Gasteiger partial charge in [-0.15, -0.1) is 5.06 Å². The Morgan fingerprint density at radius 3 is 2.25 bits per heavy atom. The van der Waals surface area contributed by atoms with Crippen LogP contribution in [0.15, 0.2) is 24.5 Å². The van der Waals surface area contributed by atoms with Gasteiger partial charge in [-0.25, -0.2) is 9.59 Å². The molecule has 0 aromatic heterocycles. The van der Waals surface area contributed by atoms with Gasteiger partial charge in [0.25, 0.3) is 11.8 Å². The first-order valence-electron chi connectivity index (χ1n) is 6.40. The highest BCUT2D eigenvalue weighted by Crippen LogP contribution is 2.25. The summed E-state index contributed by atoms with van der Waals surface area (Å²) in [4.78, 5) is 50.9. The summed E-state index contributed by atoms with van der Waals surface area (Å²) < 4.78 is 7.27. The molecule has 0 spiro atoms. The number of hydroxylamine groups is 2. The fourth-order valence-corrected chi connectivity index (χ4v) is 4.03. The van der Waals surface area contributed by atoms with Crippen LogP contribution in [-0.2, 0) is 24.0 Å². The summed E-state index contributed by atoms with van der Waals surface area (Å²) in [6, 6.07) is 3.65. The van der Waals surface area contributed by atoms with E-state index in [2.05, 4.69) is 27.4 Å². The molecule has 1 aromatic rings. The fourth-order valence-electron chi connectivity index (χ4n) is 1.70. The molecule has 0 saturated carbocycles. The first-order valence-corrected chi connectivity index (χ1v) is 9.63. The van der Waals surface area contributed by atoms with E-state index in [0.717, 1.165) is 19.5 Å². The number of amides is 2. The van der Waals surface area contributed by atoms with Crippen LogP contribution in [0.1, 0.15) is 23.2 Å². The maximum atomic E-state index is 12.1. The van der Waals surface area contributed by atoms with Crippen LogP contribution in [0.25, 0.3) is 0 Å². The van der Waals surface area contributed by atoms with Crippen molar-refractivity contribution >= 4 is 91.5 Å². The number of carbonyl (C=O) groups is 4. The minimum Gasteiger partial charge on any atom is -0.431 e. The van der Waals surface area contributed by atoms with Gasteiger partial charge in [0, 0.05) is 23.6 Å². The molecule has 1 saturated heterocycles. The van der Waals surface area contributed by atoms with Crippen LogP contribution >= 0.6 is 67.8 Å². The van der Waals surface area contributed by atoms with E-state index in [9.17, 15) is 19.2 Å². The smallest absolute Gasteiger partial charge is 0.359 e. The zero-order valence-corrected chi connectivity index (χ0v) is 18.2. The maximum Gasteiger partial charge on any atom is 0.359 e. The number of hydrogen-bond acceptors (Lipinski definition) is 6. The predicted octanol–water partition coefficient (Wildman–Crippen LogP) is 2.78. The van der Waals surface area contributed by atoms with E-state index in [0.29, 0.717) is 14.2 Å². The Morgan fingerprint density at radius 2 is 1.62 bits per heavy atom. The van der Waals surface area contributed by atoms with E-state index in [1.54, 1.807) is 6.07 Å². The van der Waals surface area contributed by atoms with Crippen molar-refractivity contribution in [2.24, 2.45) is 0 Å². The zero-order chi connectivity index (χ0) is 17.9. The van der Waals surface area contributed by atoms with Gasteiger partial charge in [-0.2, -0.15) is 0 Å². The molecule has 2 amide bonds. The van der Waals surface area contributed by atoms with Crippen LogP contribution in [0, 0.1) is 10.7 Å². The van der Waals surface area contributed by atoms with Crippen molar-refractivity contribution in [1.82, 2.24) is 5.06 Å². The summed E-state index contributed by atoms with van der Waals surface area (Å²) in [6.45, 7) is 0. The van der Waals surface area contributed by atoms with Crippen LogP contribution < -0.4 is 0 Å². The number of benzene rings is 1. The SMILES string of the molecule is O=C(/C=C/OC(=O)c1c(I)ccc(I)c1I)ON1C(=O)CCC1=O. The monoisotopic (exact) mass is 667 g/mol. The Hall–Kier alpha value is -0.770. The van der Waals surface area contributed by atoms with Crippen LogP contribution in [0.4, 0.5) is 0 Å². The highest BCUT2D eigenvalue weighted by molar-refractivity contribution is 14.1. The molecule has 24 heavy (non-hydrogen) atoms. The van der Waals surface area contributed by atoms with Crippen LogP contribution in [0.5, 0.6) is 0 Å². The molecule has 0 aliphatic carbocycles. The predicted molar refractivity (Wildman–Crippen MR) is 106 cm³/mol. The van der Waals surface area contributed by atoms with Gasteiger partial charge >= 0.3 is 11.9 Å². The molecule has 1 aliphatic rings. The van der Waals surface area contributed by atoms with Gasteiger partial charge in [0.15, 0.2) is 0 Å². The molecule has 126 valence electrons. The quantitative estimate of drug-likeness (QED) is 0.123. The van der Waals surface area contributed by atoms with Crippen molar-refractivity contribution in [3.63, 3.8) is 0 Å². The number of halogens is 3. The normalized spacial score (nSPS) is 14.4. The number of hydrogen-bond donors (Lipinski definition) is 0. The Morgan fingerprint density at radius 1 is 1.04 bits per heavy atom.